The van der Waals surface area contributed by atoms with E-state index in [9.17, 15) is 0 Å². The van der Waals surface area contributed by atoms with Gasteiger partial charge in [-0.05, 0) is 105 Å². The van der Waals surface area contributed by atoms with Gasteiger partial charge in [-0.3, -0.25) is 0 Å². The van der Waals surface area contributed by atoms with Crippen LogP contribution in [0.3, 0.4) is 0 Å². The monoisotopic (exact) mass is 459 g/mol. The third-order valence-electron chi connectivity index (χ3n) is 8.35. The van der Waals surface area contributed by atoms with Crippen LogP contribution in [-0.4, -0.2) is 36.1 Å². The zero-order valence-corrected chi connectivity index (χ0v) is 22.1. The molecule has 1 aliphatic heterocycles. The zero-order chi connectivity index (χ0) is 24.2. The third-order valence-corrected chi connectivity index (χ3v) is 8.35. The van der Waals surface area contributed by atoms with Crippen LogP contribution in [0.5, 0.6) is 0 Å². The summed E-state index contributed by atoms with van der Waals surface area (Å²) in [6.45, 7) is 15.7. The van der Waals surface area contributed by atoms with Crippen molar-refractivity contribution in [3.05, 3.63) is 64.5 Å². The van der Waals surface area contributed by atoms with Gasteiger partial charge in [-0.15, -0.1) is 0 Å². The fourth-order valence-corrected chi connectivity index (χ4v) is 6.52. The van der Waals surface area contributed by atoms with Crippen molar-refractivity contribution in [3.63, 3.8) is 0 Å². The Kier molecular flexibility index (Phi) is 8.03. The van der Waals surface area contributed by atoms with Crippen LogP contribution >= 0.6 is 0 Å². The average Bonchev–Trinajstić information content (AvgIpc) is 3.15. The molecule has 2 aromatic rings. The molecule has 34 heavy (non-hydrogen) atoms. The van der Waals surface area contributed by atoms with Crippen LogP contribution in [0, 0.1) is 13.8 Å². The van der Waals surface area contributed by atoms with Gasteiger partial charge in [-0.2, -0.15) is 0 Å². The summed E-state index contributed by atoms with van der Waals surface area (Å²) in [6, 6.07) is 7.88. The maximum absolute atomic E-state index is 4.19. The molecule has 2 N–H and O–H groups in total. The first-order chi connectivity index (χ1) is 16.4. The highest BCUT2D eigenvalue weighted by atomic mass is 15.2. The minimum absolute atomic E-state index is 0.515. The molecule has 0 radical (unpaired) electrons. The smallest absolute Gasteiger partial charge is 0.0421 e. The Morgan fingerprint density at radius 2 is 1.79 bits per heavy atom. The molecule has 0 amide bonds. The van der Waals surface area contributed by atoms with Crippen molar-refractivity contribution in [1.82, 2.24) is 9.88 Å². The highest BCUT2D eigenvalue weighted by Crippen LogP contribution is 2.36. The van der Waals surface area contributed by atoms with Crippen LogP contribution in [-0.2, 0) is 0 Å². The van der Waals surface area contributed by atoms with Crippen molar-refractivity contribution in [2.45, 2.75) is 90.5 Å². The molecule has 4 rings (SSSR count). The number of rotatable bonds is 7. The summed E-state index contributed by atoms with van der Waals surface area (Å²) in [6.07, 6.45) is 14.0. The van der Waals surface area contributed by atoms with Crippen molar-refractivity contribution in [1.29, 1.82) is 0 Å². The van der Waals surface area contributed by atoms with Crippen molar-refractivity contribution < 1.29 is 0 Å². The second kappa shape index (κ2) is 11.0. The molecule has 2 aliphatic rings. The average molecular weight is 460 g/mol. The number of piperidine rings is 1. The summed E-state index contributed by atoms with van der Waals surface area (Å²) in [5, 5.41) is 3.42. The quantitative estimate of drug-likeness (QED) is 0.411. The molecule has 1 saturated heterocycles. The summed E-state index contributed by atoms with van der Waals surface area (Å²) in [4.78, 5) is 6.42. The number of allylic oxidation sites excluding steroid dienone is 2. The van der Waals surface area contributed by atoms with Crippen LogP contribution in [0.15, 0.2) is 30.9 Å². The number of hydrogen-bond acceptors (Lipinski definition) is 2. The number of aromatic nitrogens is 1. The summed E-state index contributed by atoms with van der Waals surface area (Å²) < 4.78 is 0. The number of hydrogen-bond donors (Lipinski definition) is 2. The van der Waals surface area contributed by atoms with E-state index in [0.717, 1.165) is 6.04 Å². The minimum Gasteiger partial charge on any atom is -0.388 e. The van der Waals surface area contributed by atoms with Crippen LogP contribution in [0.4, 0.5) is 5.69 Å². The second-order valence-electron chi connectivity index (χ2n) is 10.8. The van der Waals surface area contributed by atoms with E-state index < -0.39 is 0 Å². The lowest BCUT2D eigenvalue weighted by atomic mass is 9.85. The molecule has 1 aromatic heterocycles. The van der Waals surface area contributed by atoms with Gasteiger partial charge < -0.3 is 15.2 Å². The maximum atomic E-state index is 4.19. The molecule has 0 bridgehead atoms. The Bertz CT molecular complexity index is 1010. The van der Waals surface area contributed by atoms with Crippen molar-refractivity contribution in [2.24, 2.45) is 0 Å². The Balaban J connectivity index is 1.58. The largest absolute Gasteiger partial charge is 0.388 e. The van der Waals surface area contributed by atoms with Crippen molar-refractivity contribution in [3.8, 4) is 0 Å². The lowest BCUT2D eigenvalue weighted by Crippen LogP contribution is -2.41. The first-order valence-corrected chi connectivity index (χ1v) is 13.5. The molecule has 184 valence electrons. The van der Waals surface area contributed by atoms with Gasteiger partial charge in [0.25, 0.3) is 0 Å². The topological polar surface area (TPSA) is 31.1 Å². The first kappa shape index (κ1) is 24.9. The molecular weight excluding hydrogens is 414 g/mol. The molecular formula is C31H45N3. The molecule has 1 aromatic carbocycles. The van der Waals surface area contributed by atoms with Crippen LogP contribution in [0.25, 0.3) is 11.6 Å². The highest BCUT2D eigenvalue weighted by molar-refractivity contribution is 5.92. The van der Waals surface area contributed by atoms with Gasteiger partial charge in [0.15, 0.2) is 0 Å². The SMILES string of the molecule is C=C/C(=C\c1[nH]c(C)c(C(C)C)c1C)c1cc(C2CCN(C3CCCCC3)CC2)ccc1NC. The van der Waals surface area contributed by atoms with Gasteiger partial charge in [-0.1, -0.05) is 51.8 Å². The van der Waals surface area contributed by atoms with E-state index in [1.54, 1.807) is 0 Å². The first-order valence-electron chi connectivity index (χ1n) is 13.5. The number of anilines is 1. The van der Waals surface area contributed by atoms with Gasteiger partial charge in [0.2, 0.25) is 0 Å². The number of H-pyrrole nitrogens is 1. The number of nitrogens with one attached hydrogen (secondary N) is 2. The van der Waals surface area contributed by atoms with Crippen LogP contribution < -0.4 is 5.32 Å². The number of nitrogens with zero attached hydrogens (tertiary/aromatic N) is 1. The van der Waals surface area contributed by atoms with E-state index in [2.05, 4.69) is 73.7 Å². The van der Waals surface area contributed by atoms with E-state index in [1.807, 2.05) is 13.1 Å². The van der Waals surface area contributed by atoms with Crippen molar-refractivity contribution in [2.75, 3.05) is 25.5 Å². The van der Waals surface area contributed by atoms with Gasteiger partial charge >= 0.3 is 0 Å². The molecule has 0 spiro atoms. The fourth-order valence-electron chi connectivity index (χ4n) is 6.52. The van der Waals surface area contributed by atoms with Crippen LogP contribution in [0.2, 0.25) is 0 Å². The Labute approximate surface area is 207 Å². The number of likely N-dealkylation sites (tertiary alicyclic amines) is 1. The molecule has 0 atom stereocenters. The predicted molar refractivity (Wildman–Crippen MR) is 149 cm³/mol. The van der Waals surface area contributed by atoms with E-state index in [0.29, 0.717) is 11.8 Å². The van der Waals surface area contributed by atoms with Gasteiger partial charge in [0.1, 0.15) is 0 Å². The van der Waals surface area contributed by atoms with Gasteiger partial charge in [0, 0.05) is 35.7 Å². The van der Waals surface area contributed by atoms with E-state index >= 15 is 0 Å². The number of aromatic amines is 1. The molecule has 3 nitrogen and oxygen atoms in total. The number of aryl methyl sites for hydroxylation is 1. The Morgan fingerprint density at radius 1 is 1.09 bits per heavy atom. The fraction of sp³-hybridized carbons (Fsp3) is 0.548. The normalized spacial score (nSPS) is 19.1. The molecule has 1 aliphatic carbocycles. The Morgan fingerprint density at radius 3 is 2.38 bits per heavy atom. The second-order valence-corrected chi connectivity index (χ2v) is 10.8. The van der Waals surface area contributed by atoms with Crippen molar-refractivity contribution >= 4 is 17.3 Å². The standard InChI is InChI=1S/C31H45N3/c1-7-24(20-30-22(4)31(21(2)3)23(5)33-30)28-19-26(13-14-29(28)32-6)25-15-17-34(18-16-25)27-11-9-8-10-12-27/h7,13-14,19-21,25,27,32-33H,1,8-12,15-18H2,2-6H3/b24-20+. The van der Waals surface area contributed by atoms with Gasteiger partial charge in [-0.25, -0.2) is 0 Å². The molecule has 0 unspecified atom stereocenters. The number of benzene rings is 1. The summed E-state index contributed by atoms with van der Waals surface area (Å²) in [7, 11) is 2.02. The lowest BCUT2D eigenvalue weighted by molar-refractivity contribution is 0.122. The summed E-state index contributed by atoms with van der Waals surface area (Å²) in [5.41, 5.74) is 10.3. The van der Waals surface area contributed by atoms with E-state index in [4.69, 9.17) is 0 Å². The highest BCUT2D eigenvalue weighted by Gasteiger charge is 2.27. The van der Waals surface area contributed by atoms with Gasteiger partial charge in [0.05, 0.1) is 0 Å². The zero-order valence-electron chi connectivity index (χ0n) is 22.1. The summed E-state index contributed by atoms with van der Waals surface area (Å²) >= 11 is 0. The minimum atomic E-state index is 0.515. The van der Waals surface area contributed by atoms with E-state index in [-0.39, 0.29) is 0 Å². The predicted octanol–water partition coefficient (Wildman–Crippen LogP) is 8.04. The lowest BCUT2D eigenvalue weighted by Gasteiger charge is -2.39. The molecule has 2 fully saturated rings. The van der Waals surface area contributed by atoms with Crippen LogP contribution in [0.1, 0.15) is 104 Å². The summed E-state index contributed by atoms with van der Waals surface area (Å²) in [5.74, 6) is 1.17. The van der Waals surface area contributed by atoms with E-state index in [1.165, 1.54) is 103 Å². The maximum Gasteiger partial charge on any atom is 0.0421 e. The third kappa shape index (κ3) is 5.20. The Hall–Kier alpha value is -2.26. The molecule has 1 saturated carbocycles. The molecule has 3 heteroatoms. The molecule has 2 heterocycles.